The van der Waals surface area contributed by atoms with E-state index in [9.17, 15) is 0 Å². The van der Waals surface area contributed by atoms with E-state index >= 15 is 0 Å². The first-order chi connectivity index (χ1) is 8.83. The summed E-state index contributed by atoms with van der Waals surface area (Å²) in [6, 6.07) is 0. The fourth-order valence-corrected chi connectivity index (χ4v) is 3.01. The Balaban J connectivity index is 1.65. The number of hydrogen-bond acceptors (Lipinski definition) is 4. The molecule has 0 radical (unpaired) electrons. The van der Waals surface area contributed by atoms with E-state index in [0.717, 1.165) is 50.8 Å². The van der Waals surface area contributed by atoms with Gasteiger partial charge in [0, 0.05) is 44.0 Å². The first-order valence-electron chi connectivity index (χ1n) is 6.92. The molecule has 2 aliphatic heterocycles. The predicted octanol–water partition coefficient (Wildman–Crippen LogP) is 1.22. The third-order valence-electron chi connectivity index (χ3n) is 4.13. The standard InChI is InChI=1S/C14H21N3O/c1-11-13-2-5-17(8-12-4-7-18-9-12)6-3-14(13)16-10-15-11/h10,12H,2-9H2,1H3/t12-/m1/s1. The molecule has 0 spiro atoms. The highest BCUT2D eigenvalue weighted by Crippen LogP contribution is 2.19. The fraction of sp³-hybridized carbons (Fsp3) is 0.714. The van der Waals surface area contributed by atoms with Gasteiger partial charge in [0.25, 0.3) is 0 Å². The van der Waals surface area contributed by atoms with Crippen LogP contribution < -0.4 is 0 Å². The highest BCUT2D eigenvalue weighted by Gasteiger charge is 2.22. The summed E-state index contributed by atoms with van der Waals surface area (Å²) in [5, 5.41) is 0. The second kappa shape index (κ2) is 5.33. The van der Waals surface area contributed by atoms with E-state index in [0.29, 0.717) is 0 Å². The second-order valence-corrected chi connectivity index (χ2v) is 5.41. The summed E-state index contributed by atoms with van der Waals surface area (Å²) in [6.07, 6.45) is 5.08. The van der Waals surface area contributed by atoms with Crippen molar-refractivity contribution in [3.8, 4) is 0 Å². The highest BCUT2D eigenvalue weighted by molar-refractivity contribution is 5.25. The number of aromatic nitrogens is 2. The summed E-state index contributed by atoms with van der Waals surface area (Å²) in [5.74, 6) is 0.735. The van der Waals surface area contributed by atoms with Gasteiger partial charge in [-0.05, 0) is 31.2 Å². The zero-order valence-corrected chi connectivity index (χ0v) is 11.1. The molecule has 4 heteroatoms. The molecule has 1 atom stereocenters. The molecule has 2 aliphatic rings. The van der Waals surface area contributed by atoms with Crippen LogP contribution in [-0.2, 0) is 17.6 Å². The maximum Gasteiger partial charge on any atom is 0.115 e. The number of hydrogen-bond donors (Lipinski definition) is 0. The summed E-state index contributed by atoms with van der Waals surface area (Å²) >= 11 is 0. The zero-order valence-electron chi connectivity index (χ0n) is 11.1. The normalized spacial score (nSPS) is 24.8. The van der Waals surface area contributed by atoms with E-state index in [-0.39, 0.29) is 0 Å². The van der Waals surface area contributed by atoms with E-state index in [1.165, 1.54) is 24.2 Å². The molecule has 0 saturated carbocycles. The van der Waals surface area contributed by atoms with Crippen molar-refractivity contribution in [3.05, 3.63) is 23.3 Å². The van der Waals surface area contributed by atoms with Crippen LogP contribution in [0.2, 0.25) is 0 Å². The lowest BCUT2D eigenvalue weighted by molar-refractivity contribution is 0.168. The predicted molar refractivity (Wildman–Crippen MR) is 69.5 cm³/mol. The minimum absolute atomic E-state index is 0.735. The number of ether oxygens (including phenoxy) is 1. The first-order valence-corrected chi connectivity index (χ1v) is 6.92. The smallest absolute Gasteiger partial charge is 0.115 e. The number of fused-ring (bicyclic) bond motifs is 1. The molecule has 0 unspecified atom stereocenters. The summed E-state index contributed by atoms with van der Waals surface area (Å²) in [5.41, 5.74) is 3.79. The molecule has 1 fully saturated rings. The Kier molecular flexibility index (Phi) is 3.57. The lowest BCUT2D eigenvalue weighted by Crippen LogP contribution is -2.32. The molecule has 0 amide bonds. The van der Waals surface area contributed by atoms with Crippen LogP contribution in [0.4, 0.5) is 0 Å². The van der Waals surface area contributed by atoms with E-state index in [1.807, 2.05) is 0 Å². The van der Waals surface area contributed by atoms with Gasteiger partial charge in [0.15, 0.2) is 0 Å². The van der Waals surface area contributed by atoms with E-state index in [4.69, 9.17) is 4.74 Å². The minimum atomic E-state index is 0.735. The summed E-state index contributed by atoms with van der Waals surface area (Å²) in [7, 11) is 0. The van der Waals surface area contributed by atoms with E-state index < -0.39 is 0 Å². The van der Waals surface area contributed by atoms with Crippen LogP contribution in [-0.4, -0.2) is 47.7 Å². The molecule has 1 saturated heterocycles. The van der Waals surface area contributed by atoms with E-state index in [1.54, 1.807) is 6.33 Å². The number of rotatable bonds is 2. The maximum atomic E-state index is 5.46. The molecule has 98 valence electrons. The molecule has 4 nitrogen and oxygen atoms in total. The molecule has 3 heterocycles. The van der Waals surface area contributed by atoms with Gasteiger partial charge in [0.1, 0.15) is 6.33 Å². The van der Waals surface area contributed by atoms with E-state index in [2.05, 4.69) is 21.8 Å². The van der Waals surface area contributed by atoms with Gasteiger partial charge < -0.3 is 9.64 Å². The Morgan fingerprint density at radius 1 is 1.33 bits per heavy atom. The van der Waals surface area contributed by atoms with Crippen molar-refractivity contribution in [1.82, 2.24) is 14.9 Å². The van der Waals surface area contributed by atoms with Gasteiger partial charge in [0.05, 0.1) is 6.61 Å². The van der Waals surface area contributed by atoms with Crippen LogP contribution in [0.15, 0.2) is 6.33 Å². The van der Waals surface area contributed by atoms with Crippen molar-refractivity contribution in [3.63, 3.8) is 0 Å². The third-order valence-corrected chi connectivity index (χ3v) is 4.13. The van der Waals surface area contributed by atoms with Crippen LogP contribution >= 0.6 is 0 Å². The van der Waals surface area contributed by atoms with Gasteiger partial charge >= 0.3 is 0 Å². The van der Waals surface area contributed by atoms with Crippen molar-refractivity contribution in [1.29, 1.82) is 0 Å². The lowest BCUT2D eigenvalue weighted by atomic mass is 10.1. The fourth-order valence-electron chi connectivity index (χ4n) is 3.01. The van der Waals surface area contributed by atoms with Crippen molar-refractivity contribution in [2.45, 2.75) is 26.2 Å². The Morgan fingerprint density at radius 3 is 3.06 bits per heavy atom. The number of nitrogens with zero attached hydrogens (tertiary/aromatic N) is 3. The second-order valence-electron chi connectivity index (χ2n) is 5.41. The molecule has 3 rings (SSSR count). The van der Waals surface area contributed by atoms with Crippen LogP contribution in [0.1, 0.15) is 23.4 Å². The molecule has 1 aromatic heterocycles. The maximum absolute atomic E-state index is 5.46. The molecule has 0 aromatic carbocycles. The molecule has 1 aromatic rings. The molecule has 18 heavy (non-hydrogen) atoms. The molecule has 0 aliphatic carbocycles. The monoisotopic (exact) mass is 247 g/mol. The van der Waals surface area contributed by atoms with Gasteiger partial charge in [-0.25, -0.2) is 9.97 Å². The Labute approximate surface area is 108 Å². The van der Waals surface area contributed by atoms with Gasteiger partial charge in [0.2, 0.25) is 0 Å². The summed E-state index contributed by atoms with van der Waals surface area (Å²) in [6.45, 7) is 7.44. The molecular weight excluding hydrogens is 226 g/mol. The third kappa shape index (κ3) is 2.54. The Morgan fingerprint density at radius 2 is 2.22 bits per heavy atom. The Hall–Kier alpha value is -1.00. The van der Waals surface area contributed by atoms with Crippen LogP contribution in [0, 0.1) is 12.8 Å². The van der Waals surface area contributed by atoms with Crippen LogP contribution in [0.25, 0.3) is 0 Å². The number of aryl methyl sites for hydroxylation is 1. The zero-order chi connectivity index (χ0) is 12.4. The van der Waals surface area contributed by atoms with Crippen molar-refractivity contribution < 1.29 is 4.74 Å². The lowest BCUT2D eigenvalue weighted by Gasteiger charge is -2.22. The average molecular weight is 247 g/mol. The van der Waals surface area contributed by atoms with Crippen LogP contribution in [0.5, 0.6) is 0 Å². The van der Waals surface area contributed by atoms with Crippen molar-refractivity contribution >= 4 is 0 Å². The summed E-state index contributed by atoms with van der Waals surface area (Å²) in [4.78, 5) is 11.3. The van der Waals surface area contributed by atoms with Gasteiger partial charge in [-0.3, -0.25) is 0 Å². The van der Waals surface area contributed by atoms with Crippen molar-refractivity contribution in [2.75, 3.05) is 32.8 Å². The Bertz CT molecular complexity index is 416. The SMILES string of the molecule is Cc1ncnc2c1CCN(C[C@H]1CCOC1)CC2. The van der Waals surface area contributed by atoms with Crippen LogP contribution in [0.3, 0.4) is 0 Å². The quantitative estimate of drug-likeness (QED) is 0.787. The van der Waals surface area contributed by atoms with Gasteiger partial charge in [-0.15, -0.1) is 0 Å². The minimum Gasteiger partial charge on any atom is -0.381 e. The highest BCUT2D eigenvalue weighted by atomic mass is 16.5. The first kappa shape index (κ1) is 12.1. The van der Waals surface area contributed by atoms with Crippen molar-refractivity contribution in [2.24, 2.45) is 5.92 Å². The van der Waals surface area contributed by atoms with Gasteiger partial charge in [-0.1, -0.05) is 0 Å². The average Bonchev–Trinajstić information content (AvgIpc) is 2.78. The molecular formula is C14H21N3O. The molecule has 0 bridgehead atoms. The largest absolute Gasteiger partial charge is 0.381 e. The molecule has 0 N–H and O–H groups in total. The summed E-state index contributed by atoms with van der Waals surface area (Å²) < 4.78 is 5.46. The topological polar surface area (TPSA) is 38.2 Å². The van der Waals surface area contributed by atoms with Gasteiger partial charge in [-0.2, -0.15) is 0 Å².